The van der Waals surface area contributed by atoms with Crippen LogP contribution in [-0.4, -0.2) is 18.1 Å². The number of hydrogen-bond acceptors (Lipinski definition) is 3. The molecule has 0 spiro atoms. The maximum atomic E-state index is 5.74. The zero-order valence-corrected chi connectivity index (χ0v) is 13.1. The molecular weight excluding hydrogens is 272 g/mol. The molecule has 0 atom stereocenters. The molecule has 0 amide bonds. The largest absolute Gasteiger partial charge is 0.436 e. The zero-order valence-electron chi connectivity index (χ0n) is 13.1. The van der Waals surface area contributed by atoms with E-state index in [4.69, 9.17) is 4.42 Å². The van der Waals surface area contributed by atoms with Crippen LogP contribution in [0, 0.1) is 0 Å². The van der Waals surface area contributed by atoms with E-state index in [2.05, 4.69) is 24.1 Å². The van der Waals surface area contributed by atoms with Crippen LogP contribution in [0.25, 0.3) is 22.8 Å². The summed E-state index contributed by atoms with van der Waals surface area (Å²) in [4.78, 5) is 4.30. The van der Waals surface area contributed by atoms with Gasteiger partial charge < -0.3 is 9.73 Å². The standard InChI is InChI=1S/C15H11NO.C4H11N/c1-3-7-12(8-4-1)14-11-16-15(17-14)13-9-5-2-6-10-13;1-3-5-4-2/h1-11H;5H,3-4H2,1-2H3. The second-order valence-corrected chi connectivity index (χ2v) is 4.72. The first-order valence-electron chi connectivity index (χ1n) is 7.62. The van der Waals surface area contributed by atoms with Crippen LogP contribution in [0.1, 0.15) is 13.8 Å². The Kier molecular flexibility index (Phi) is 6.39. The highest BCUT2D eigenvalue weighted by Gasteiger charge is 2.07. The van der Waals surface area contributed by atoms with E-state index >= 15 is 0 Å². The summed E-state index contributed by atoms with van der Waals surface area (Å²) in [7, 11) is 0. The van der Waals surface area contributed by atoms with E-state index in [0.29, 0.717) is 5.89 Å². The van der Waals surface area contributed by atoms with Crippen LogP contribution in [0.15, 0.2) is 71.3 Å². The van der Waals surface area contributed by atoms with Gasteiger partial charge in [-0.15, -0.1) is 0 Å². The van der Waals surface area contributed by atoms with Crippen LogP contribution >= 0.6 is 0 Å². The van der Waals surface area contributed by atoms with Crippen LogP contribution in [-0.2, 0) is 0 Å². The van der Waals surface area contributed by atoms with Crippen molar-refractivity contribution in [2.45, 2.75) is 13.8 Å². The molecule has 0 bridgehead atoms. The minimum atomic E-state index is 0.657. The molecule has 0 saturated carbocycles. The van der Waals surface area contributed by atoms with Gasteiger partial charge in [0.15, 0.2) is 5.76 Å². The monoisotopic (exact) mass is 294 g/mol. The third kappa shape index (κ3) is 4.57. The van der Waals surface area contributed by atoms with Crippen molar-refractivity contribution in [3.63, 3.8) is 0 Å². The molecule has 0 fully saturated rings. The van der Waals surface area contributed by atoms with Crippen molar-refractivity contribution in [1.29, 1.82) is 0 Å². The predicted molar refractivity (Wildman–Crippen MR) is 91.6 cm³/mol. The van der Waals surface area contributed by atoms with Crippen molar-refractivity contribution in [2.75, 3.05) is 13.1 Å². The molecule has 3 heteroatoms. The second-order valence-electron chi connectivity index (χ2n) is 4.72. The number of nitrogens with zero attached hydrogens (tertiary/aromatic N) is 1. The molecule has 0 aliphatic heterocycles. The van der Waals surface area contributed by atoms with Gasteiger partial charge in [-0.1, -0.05) is 62.4 Å². The molecule has 0 aliphatic rings. The molecule has 0 radical (unpaired) electrons. The zero-order chi connectivity index (χ0) is 15.6. The van der Waals surface area contributed by atoms with Gasteiger partial charge in [-0.05, 0) is 25.2 Å². The van der Waals surface area contributed by atoms with Gasteiger partial charge in [0.1, 0.15) is 0 Å². The summed E-state index contributed by atoms with van der Waals surface area (Å²) in [6, 6.07) is 19.9. The number of aromatic nitrogens is 1. The molecule has 0 saturated heterocycles. The molecule has 1 N–H and O–H groups in total. The molecule has 22 heavy (non-hydrogen) atoms. The van der Waals surface area contributed by atoms with Crippen molar-refractivity contribution in [3.05, 3.63) is 66.9 Å². The lowest BCUT2D eigenvalue weighted by molar-refractivity contribution is 0.589. The van der Waals surface area contributed by atoms with Crippen LogP contribution in [0.2, 0.25) is 0 Å². The number of nitrogens with one attached hydrogen (secondary N) is 1. The number of oxazole rings is 1. The SMILES string of the molecule is CCNCC.c1ccc(-c2cnc(-c3ccccc3)o2)cc1. The first-order valence-corrected chi connectivity index (χ1v) is 7.62. The Labute approximate surface area is 132 Å². The number of rotatable bonds is 4. The average Bonchev–Trinajstić information content (AvgIpc) is 3.08. The van der Waals surface area contributed by atoms with Gasteiger partial charge >= 0.3 is 0 Å². The summed E-state index contributed by atoms with van der Waals surface area (Å²) < 4.78 is 5.74. The summed E-state index contributed by atoms with van der Waals surface area (Å²) in [5.74, 6) is 1.45. The summed E-state index contributed by atoms with van der Waals surface area (Å²) in [6.07, 6.45) is 1.76. The van der Waals surface area contributed by atoms with E-state index in [1.165, 1.54) is 0 Å². The van der Waals surface area contributed by atoms with Crippen LogP contribution in [0.5, 0.6) is 0 Å². The molecular formula is C19H22N2O. The molecule has 3 aromatic rings. The highest BCUT2D eigenvalue weighted by atomic mass is 16.4. The van der Waals surface area contributed by atoms with E-state index in [1.807, 2.05) is 60.7 Å². The maximum Gasteiger partial charge on any atom is 0.226 e. The third-order valence-electron chi connectivity index (χ3n) is 3.08. The predicted octanol–water partition coefficient (Wildman–Crippen LogP) is 4.62. The smallest absolute Gasteiger partial charge is 0.226 e. The van der Waals surface area contributed by atoms with Gasteiger partial charge in [-0.25, -0.2) is 4.98 Å². The first kappa shape index (κ1) is 16.0. The summed E-state index contributed by atoms with van der Waals surface area (Å²) in [6.45, 7) is 6.39. The van der Waals surface area contributed by atoms with Gasteiger partial charge in [0.2, 0.25) is 5.89 Å². The van der Waals surface area contributed by atoms with Crippen LogP contribution in [0.4, 0.5) is 0 Å². The van der Waals surface area contributed by atoms with E-state index in [1.54, 1.807) is 6.20 Å². The fourth-order valence-electron chi connectivity index (χ4n) is 1.97. The van der Waals surface area contributed by atoms with Gasteiger partial charge in [-0.3, -0.25) is 0 Å². The number of benzene rings is 2. The third-order valence-corrected chi connectivity index (χ3v) is 3.08. The van der Waals surface area contributed by atoms with E-state index in [0.717, 1.165) is 30.0 Å². The first-order chi connectivity index (χ1) is 10.8. The van der Waals surface area contributed by atoms with E-state index < -0.39 is 0 Å². The van der Waals surface area contributed by atoms with Crippen molar-refractivity contribution in [1.82, 2.24) is 10.3 Å². The Hall–Kier alpha value is -2.39. The Morgan fingerprint density at radius 3 is 1.86 bits per heavy atom. The second kappa shape index (κ2) is 8.80. The molecule has 1 aromatic heterocycles. The Morgan fingerprint density at radius 1 is 0.818 bits per heavy atom. The molecule has 3 rings (SSSR count). The van der Waals surface area contributed by atoms with Crippen molar-refractivity contribution < 1.29 is 4.42 Å². The quantitative estimate of drug-likeness (QED) is 0.762. The van der Waals surface area contributed by atoms with Crippen molar-refractivity contribution >= 4 is 0 Å². The Bertz CT molecular complexity index is 591. The molecule has 1 heterocycles. The Balaban J connectivity index is 0.000000309. The van der Waals surface area contributed by atoms with Gasteiger partial charge in [0.05, 0.1) is 6.20 Å². The molecule has 114 valence electrons. The summed E-state index contributed by atoms with van der Waals surface area (Å²) >= 11 is 0. The minimum Gasteiger partial charge on any atom is -0.436 e. The van der Waals surface area contributed by atoms with E-state index in [-0.39, 0.29) is 0 Å². The van der Waals surface area contributed by atoms with Crippen molar-refractivity contribution in [2.24, 2.45) is 0 Å². The molecule has 0 aliphatic carbocycles. The molecule has 2 aromatic carbocycles. The minimum absolute atomic E-state index is 0.657. The normalized spacial score (nSPS) is 9.91. The average molecular weight is 294 g/mol. The lowest BCUT2D eigenvalue weighted by Crippen LogP contribution is -2.09. The molecule has 0 unspecified atom stereocenters. The fraction of sp³-hybridized carbons (Fsp3) is 0.211. The lowest BCUT2D eigenvalue weighted by Gasteiger charge is -1.95. The summed E-state index contributed by atoms with van der Waals surface area (Å²) in [5, 5.41) is 3.11. The summed E-state index contributed by atoms with van der Waals surface area (Å²) in [5.41, 5.74) is 2.04. The van der Waals surface area contributed by atoms with Gasteiger partial charge in [-0.2, -0.15) is 0 Å². The maximum absolute atomic E-state index is 5.74. The number of hydrogen-bond donors (Lipinski definition) is 1. The lowest BCUT2D eigenvalue weighted by atomic mass is 10.2. The van der Waals surface area contributed by atoms with Gasteiger partial charge in [0.25, 0.3) is 0 Å². The van der Waals surface area contributed by atoms with E-state index in [9.17, 15) is 0 Å². The van der Waals surface area contributed by atoms with Crippen LogP contribution in [0.3, 0.4) is 0 Å². The fourth-order valence-corrected chi connectivity index (χ4v) is 1.97. The highest BCUT2D eigenvalue weighted by molar-refractivity contribution is 5.60. The topological polar surface area (TPSA) is 38.1 Å². The molecule has 3 nitrogen and oxygen atoms in total. The van der Waals surface area contributed by atoms with Crippen LogP contribution < -0.4 is 5.32 Å². The van der Waals surface area contributed by atoms with Crippen molar-refractivity contribution in [3.8, 4) is 22.8 Å². The van der Waals surface area contributed by atoms with Gasteiger partial charge in [0, 0.05) is 11.1 Å². The highest BCUT2D eigenvalue weighted by Crippen LogP contribution is 2.25. The Morgan fingerprint density at radius 2 is 1.36 bits per heavy atom.